The van der Waals surface area contributed by atoms with E-state index in [-0.39, 0.29) is 16.4 Å². The van der Waals surface area contributed by atoms with E-state index in [4.69, 9.17) is 5.73 Å². The molecule has 2 aliphatic heterocycles. The molecule has 0 bridgehead atoms. The van der Waals surface area contributed by atoms with Crippen LogP contribution in [0.15, 0.2) is 28.1 Å². The standard InChI is InChI=1S/C19H21F3N4O2S/c20-19(21,22)14-2-3-15(13(8-14)9-16-17(27)25-18(28)29-16)26-7-4-12(11-26)10-24-6-1-5-23/h2-3,8-10,12H,1,4-7,11,23H2,(H,25,27,28)/b16-9-,24-10?. The maximum atomic E-state index is 13.2. The van der Waals surface area contributed by atoms with E-state index in [1.165, 1.54) is 12.1 Å². The fraction of sp³-hybridized carbons (Fsp3) is 0.421. The lowest BCUT2D eigenvalue weighted by molar-refractivity contribution is -0.137. The van der Waals surface area contributed by atoms with Crippen LogP contribution in [0.1, 0.15) is 24.0 Å². The number of carbonyl (C=O) groups is 2. The first-order chi connectivity index (χ1) is 13.8. The minimum Gasteiger partial charge on any atom is -0.370 e. The quantitative estimate of drug-likeness (QED) is 0.414. The maximum absolute atomic E-state index is 13.2. The zero-order valence-electron chi connectivity index (χ0n) is 15.5. The van der Waals surface area contributed by atoms with Gasteiger partial charge in [-0.2, -0.15) is 13.2 Å². The minimum absolute atomic E-state index is 0.0784. The Morgan fingerprint density at radius 1 is 1.34 bits per heavy atom. The van der Waals surface area contributed by atoms with Crippen molar-refractivity contribution in [1.29, 1.82) is 0 Å². The van der Waals surface area contributed by atoms with Crippen molar-refractivity contribution < 1.29 is 22.8 Å². The summed E-state index contributed by atoms with van der Waals surface area (Å²) in [6.07, 6.45) is 0.365. The molecule has 1 atom stereocenters. The number of rotatable bonds is 6. The topological polar surface area (TPSA) is 87.8 Å². The average Bonchev–Trinajstić information content (AvgIpc) is 3.24. The van der Waals surface area contributed by atoms with Crippen molar-refractivity contribution in [3.63, 3.8) is 0 Å². The van der Waals surface area contributed by atoms with Crippen LogP contribution < -0.4 is 16.0 Å². The highest BCUT2D eigenvalue weighted by atomic mass is 32.2. The number of carbonyl (C=O) groups excluding carboxylic acids is 2. The number of nitrogens with two attached hydrogens (primary N) is 1. The Balaban J connectivity index is 1.86. The van der Waals surface area contributed by atoms with E-state index in [9.17, 15) is 22.8 Å². The number of halogens is 3. The minimum atomic E-state index is -4.50. The van der Waals surface area contributed by atoms with Gasteiger partial charge in [0.05, 0.1) is 10.5 Å². The number of hydrogen-bond donors (Lipinski definition) is 2. The first-order valence-corrected chi connectivity index (χ1v) is 10.0. The molecule has 1 aromatic rings. The van der Waals surface area contributed by atoms with Crippen molar-refractivity contribution in [2.24, 2.45) is 16.6 Å². The van der Waals surface area contributed by atoms with Crippen molar-refractivity contribution in [3.05, 3.63) is 34.2 Å². The number of thioether (sulfide) groups is 1. The highest BCUT2D eigenvalue weighted by Crippen LogP contribution is 2.37. The second-order valence-electron chi connectivity index (χ2n) is 6.82. The summed E-state index contributed by atoms with van der Waals surface area (Å²) >= 11 is 0.680. The Morgan fingerprint density at radius 3 is 2.79 bits per heavy atom. The predicted molar refractivity (Wildman–Crippen MR) is 108 cm³/mol. The smallest absolute Gasteiger partial charge is 0.370 e. The second kappa shape index (κ2) is 9.00. The molecule has 2 fully saturated rings. The number of nitrogens with zero attached hydrogens (tertiary/aromatic N) is 2. The third-order valence-electron chi connectivity index (χ3n) is 4.66. The van der Waals surface area contributed by atoms with Crippen LogP contribution in [0, 0.1) is 5.92 Å². The molecule has 156 valence electrons. The van der Waals surface area contributed by atoms with Crippen LogP contribution >= 0.6 is 11.8 Å². The number of anilines is 1. The number of amides is 2. The van der Waals surface area contributed by atoms with Gasteiger partial charge in [-0.1, -0.05) is 0 Å². The van der Waals surface area contributed by atoms with Crippen LogP contribution in [0.2, 0.25) is 0 Å². The average molecular weight is 426 g/mol. The summed E-state index contributed by atoms with van der Waals surface area (Å²) in [6.45, 7) is 2.51. The maximum Gasteiger partial charge on any atom is 0.416 e. The van der Waals surface area contributed by atoms with Gasteiger partial charge in [0.1, 0.15) is 0 Å². The number of nitrogens with one attached hydrogen (secondary N) is 1. The zero-order valence-corrected chi connectivity index (χ0v) is 16.4. The van der Waals surface area contributed by atoms with Crippen LogP contribution in [0.5, 0.6) is 0 Å². The molecule has 0 radical (unpaired) electrons. The summed E-state index contributed by atoms with van der Waals surface area (Å²) in [7, 11) is 0. The summed E-state index contributed by atoms with van der Waals surface area (Å²) < 4.78 is 39.6. The number of imide groups is 1. The summed E-state index contributed by atoms with van der Waals surface area (Å²) in [5, 5.41) is 1.58. The van der Waals surface area contributed by atoms with Crippen molar-refractivity contribution in [2.45, 2.75) is 19.0 Å². The molecule has 0 saturated carbocycles. The van der Waals surface area contributed by atoms with Gasteiger partial charge in [0, 0.05) is 37.5 Å². The molecule has 2 aliphatic rings. The van der Waals surface area contributed by atoms with Crippen LogP contribution in [-0.2, 0) is 11.0 Å². The van der Waals surface area contributed by atoms with E-state index in [1.54, 1.807) is 0 Å². The molecule has 2 amide bonds. The molecule has 6 nitrogen and oxygen atoms in total. The largest absolute Gasteiger partial charge is 0.416 e. The summed E-state index contributed by atoms with van der Waals surface area (Å²) in [4.78, 5) is 29.6. The van der Waals surface area contributed by atoms with E-state index >= 15 is 0 Å². The summed E-state index contributed by atoms with van der Waals surface area (Å²) in [6, 6.07) is 3.47. The highest BCUT2D eigenvalue weighted by molar-refractivity contribution is 8.18. The third kappa shape index (κ3) is 5.39. The lowest BCUT2D eigenvalue weighted by Crippen LogP contribution is -2.21. The molecule has 0 spiro atoms. The zero-order chi connectivity index (χ0) is 21.0. The fourth-order valence-corrected chi connectivity index (χ4v) is 3.90. The van der Waals surface area contributed by atoms with Gasteiger partial charge in [-0.05, 0) is 61.0 Å². The fourth-order valence-electron chi connectivity index (χ4n) is 3.23. The van der Waals surface area contributed by atoms with Gasteiger partial charge < -0.3 is 10.6 Å². The first-order valence-electron chi connectivity index (χ1n) is 9.19. The number of benzene rings is 1. The third-order valence-corrected chi connectivity index (χ3v) is 5.47. The molecule has 3 N–H and O–H groups in total. The number of alkyl halides is 3. The molecular formula is C19H21F3N4O2S. The molecule has 10 heteroatoms. The molecule has 0 aliphatic carbocycles. The summed E-state index contributed by atoms with van der Waals surface area (Å²) in [5.74, 6) is -0.406. The normalized spacial score (nSPS) is 21.6. The van der Waals surface area contributed by atoms with E-state index in [0.717, 1.165) is 25.0 Å². The van der Waals surface area contributed by atoms with Gasteiger partial charge in [-0.3, -0.25) is 19.9 Å². The number of aliphatic imine (C=N–C) groups is 1. The van der Waals surface area contributed by atoms with Crippen molar-refractivity contribution in [3.8, 4) is 0 Å². The van der Waals surface area contributed by atoms with Crippen LogP contribution in [0.3, 0.4) is 0 Å². The molecule has 1 aromatic carbocycles. The predicted octanol–water partition coefficient (Wildman–Crippen LogP) is 3.28. The Hall–Kier alpha value is -2.33. The van der Waals surface area contributed by atoms with Crippen molar-refractivity contribution in [1.82, 2.24) is 5.32 Å². The lowest BCUT2D eigenvalue weighted by atomic mass is 10.1. The lowest BCUT2D eigenvalue weighted by Gasteiger charge is -2.22. The van der Waals surface area contributed by atoms with Gasteiger partial charge in [0.2, 0.25) is 0 Å². The molecule has 3 rings (SSSR count). The molecule has 29 heavy (non-hydrogen) atoms. The second-order valence-corrected chi connectivity index (χ2v) is 7.83. The molecule has 0 aromatic heterocycles. The van der Waals surface area contributed by atoms with E-state index in [1.807, 2.05) is 11.1 Å². The van der Waals surface area contributed by atoms with Crippen molar-refractivity contribution >= 4 is 40.9 Å². The number of hydrogen-bond acceptors (Lipinski definition) is 6. The Kier molecular flexibility index (Phi) is 6.63. The van der Waals surface area contributed by atoms with Gasteiger partial charge in [0.25, 0.3) is 11.1 Å². The highest BCUT2D eigenvalue weighted by Gasteiger charge is 2.33. The van der Waals surface area contributed by atoms with Gasteiger partial charge >= 0.3 is 6.18 Å². The monoisotopic (exact) mass is 426 g/mol. The Morgan fingerprint density at radius 2 is 2.14 bits per heavy atom. The molecule has 2 heterocycles. The van der Waals surface area contributed by atoms with Crippen LogP contribution in [-0.4, -0.2) is 43.5 Å². The van der Waals surface area contributed by atoms with Crippen LogP contribution in [0.4, 0.5) is 23.7 Å². The molecule has 2 saturated heterocycles. The van der Waals surface area contributed by atoms with E-state index < -0.39 is 22.9 Å². The Labute approximate surface area is 170 Å². The van der Waals surface area contributed by atoms with Gasteiger partial charge in [-0.25, -0.2) is 0 Å². The first kappa shape index (κ1) is 21.4. The SMILES string of the molecule is NCCCN=CC1CCN(c2ccc(C(F)(F)F)cc2/C=C2\SC(=O)NC2=O)C1. The molecule has 1 unspecified atom stereocenters. The van der Waals surface area contributed by atoms with Gasteiger partial charge in [0.15, 0.2) is 0 Å². The van der Waals surface area contributed by atoms with Crippen molar-refractivity contribution in [2.75, 3.05) is 31.1 Å². The molecular weight excluding hydrogens is 405 g/mol. The summed E-state index contributed by atoms with van der Waals surface area (Å²) in [5.41, 5.74) is 5.49. The van der Waals surface area contributed by atoms with Gasteiger partial charge in [-0.15, -0.1) is 0 Å². The van der Waals surface area contributed by atoms with Crippen LogP contribution in [0.25, 0.3) is 6.08 Å². The van der Waals surface area contributed by atoms with E-state index in [0.29, 0.717) is 43.6 Å². The van der Waals surface area contributed by atoms with E-state index in [2.05, 4.69) is 10.3 Å². The Bertz CT molecular complexity index is 854.